The number of pyridine rings is 1. The van der Waals surface area contributed by atoms with E-state index >= 15 is 0 Å². The summed E-state index contributed by atoms with van der Waals surface area (Å²) in [5.41, 5.74) is 0.521. The maximum atomic E-state index is 11.2. The van der Waals surface area contributed by atoms with Crippen molar-refractivity contribution in [1.29, 1.82) is 0 Å². The molecule has 0 saturated carbocycles. The number of aryl methyl sites for hydroxylation is 1. The number of fused-ring (bicyclic) bond motifs is 1. The summed E-state index contributed by atoms with van der Waals surface area (Å²) in [7, 11) is 0. The molecule has 0 spiro atoms. The van der Waals surface area contributed by atoms with Gasteiger partial charge in [-0.1, -0.05) is 13.0 Å². The average Bonchev–Trinajstić information content (AvgIpc) is 3.02. The largest absolute Gasteiger partial charge is 0.362 e. The quantitative estimate of drug-likeness (QED) is 0.583. The third kappa shape index (κ3) is 2.11. The molecule has 8 nitrogen and oxygen atoms in total. The molecule has 0 fully saturated rings. The summed E-state index contributed by atoms with van der Waals surface area (Å²) in [6, 6.07) is 5.22. The lowest BCUT2D eigenvalue weighted by atomic mass is 10.5. The molecule has 0 aliphatic carbocycles. The Morgan fingerprint density at radius 3 is 3.00 bits per heavy atom. The lowest BCUT2D eigenvalue weighted by Crippen LogP contribution is -1.94. The van der Waals surface area contributed by atoms with Crippen LogP contribution in [0, 0.1) is 10.1 Å². The van der Waals surface area contributed by atoms with Crippen molar-refractivity contribution in [1.82, 2.24) is 24.6 Å². The molecule has 3 aromatic rings. The van der Waals surface area contributed by atoms with Gasteiger partial charge in [0.2, 0.25) is 15.8 Å². The number of hydrogen-bond acceptors (Lipinski definition) is 6. The van der Waals surface area contributed by atoms with Gasteiger partial charge < -0.3 is 10.1 Å². The molecule has 1 N–H and O–H groups in total. The van der Waals surface area contributed by atoms with E-state index in [9.17, 15) is 10.1 Å². The van der Waals surface area contributed by atoms with Crippen molar-refractivity contribution in [2.45, 2.75) is 23.5 Å². The highest BCUT2D eigenvalue weighted by atomic mass is 32.2. The van der Waals surface area contributed by atoms with Gasteiger partial charge in [0.05, 0.1) is 6.20 Å². The van der Waals surface area contributed by atoms with Crippen LogP contribution in [0.15, 0.2) is 34.6 Å². The first-order valence-corrected chi connectivity index (χ1v) is 6.71. The predicted octanol–water partition coefficient (Wildman–Crippen LogP) is 2.07. The van der Waals surface area contributed by atoms with Crippen LogP contribution in [0.1, 0.15) is 12.7 Å². The Balaban J connectivity index is 2.06. The minimum Gasteiger partial charge on any atom is -0.358 e. The normalized spacial score (nSPS) is 11.1. The van der Waals surface area contributed by atoms with E-state index in [1.807, 2.05) is 6.92 Å². The molecule has 0 aliphatic heterocycles. The molecule has 0 radical (unpaired) electrons. The first kappa shape index (κ1) is 12.6. The zero-order valence-corrected chi connectivity index (χ0v) is 11.3. The Hall–Kier alpha value is -2.42. The van der Waals surface area contributed by atoms with Gasteiger partial charge in [-0.05, 0) is 22.8 Å². The van der Waals surface area contributed by atoms with E-state index in [0.717, 1.165) is 24.0 Å². The average molecular weight is 290 g/mol. The number of nitrogens with zero attached hydrogens (tertiary/aromatic N) is 5. The van der Waals surface area contributed by atoms with E-state index < -0.39 is 4.92 Å². The molecule has 0 atom stereocenters. The fourth-order valence-corrected chi connectivity index (χ4v) is 2.59. The Labute approximate surface area is 117 Å². The van der Waals surface area contributed by atoms with Gasteiger partial charge in [-0.3, -0.25) is 5.10 Å². The molecule has 0 saturated heterocycles. The standard InChI is InChI=1S/C11H10N6O2S/c1-2-7-12-11(15-14-7)20-9-10(17(18)19)16-6-4-3-5-8(16)13-9/h3-6H,2H2,1H3,(H,12,14,15). The number of aromatic nitrogens is 5. The molecule has 0 aromatic carbocycles. The second kappa shape index (κ2) is 4.93. The summed E-state index contributed by atoms with van der Waals surface area (Å²) in [5, 5.41) is 18.7. The van der Waals surface area contributed by atoms with Gasteiger partial charge >= 0.3 is 5.82 Å². The molecule has 0 bridgehead atoms. The predicted molar refractivity (Wildman–Crippen MR) is 71.7 cm³/mol. The first-order valence-electron chi connectivity index (χ1n) is 5.89. The second-order valence-corrected chi connectivity index (χ2v) is 4.90. The zero-order chi connectivity index (χ0) is 14.1. The summed E-state index contributed by atoms with van der Waals surface area (Å²) in [4.78, 5) is 19.3. The molecule has 0 unspecified atom stereocenters. The van der Waals surface area contributed by atoms with Gasteiger partial charge in [0.15, 0.2) is 0 Å². The summed E-state index contributed by atoms with van der Waals surface area (Å²) < 4.78 is 1.44. The van der Waals surface area contributed by atoms with Crippen LogP contribution in [-0.2, 0) is 6.42 Å². The van der Waals surface area contributed by atoms with Crippen molar-refractivity contribution in [2.75, 3.05) is 0 Å². The minimum atomic E-state index is -0.449. The molecule has 3 aromatic heterocycles. The number of imidazole rings is 1. The molecular formula is C11H10N6O2S. The van der Waals surface area contributed by atoms with E-state index in [1.54, 1.807) is 24.4 Å². The van der Waals surface area contributed by atoms with Crippen LogP contribution in [0.3, 0.4) is 0 Å². The van der Waals surface area contributed by atoms with Crippen molar-refractivity contribution in [3.63, 3.8) is 0 Å². The fourth-order valence-electron chi connectivity index (χ4n) is 1.76. The first-order chi connectivity index (χ1) is 9.69. The molecule has 3 heterocycles. The third-order valence-corrected chi connectivity index (χ3v) is 3.51. The highest BCUT2D eigenvalue weighted by Crippen LogP contribution is 2.32. The summed E-state index contributed by atoms with van der Waals surface area (Å²) in [5.74, 6) is 0.660. The maximum Gasteiger partial charge on any atom is 0.362 e. The summed E-state index contributed by atoms with van der Waals surface area (Å²) in [6.45, 7) is 1.95. The topological polar surface area (TPSA) is 102 Å². The van der Waals surface area contributed by atoms with Crippen molar-refractivity contribution in [3.8, 4) is 0 Å². The maximum absolute atomic E-state index is 11.2. The number of nitro groups is 1. The van der Waals surface area contributed by atoms with E-state index in [4.69, 9.17) is 0 Å². The van der Waals surface area contributed by atoms with Crippen molar-refractivity contribution >= 4 is 23.2 Å². The summed E-state index contributed by atoms with van der Waals surface area (Å²) in [6.07, 6.45) is 2.33. The van der Waals surface area contributed by atoms with E-state index in [1.165, 1.54) is 4.40 Å². The highest BCUT2D eigenvalue weighted by Gasteiger charge is 2.24. The van der Waals surface area contributed by atoms with Crippen LogP contribution in [0.2, 0.25) is 0 Å². The van der Waals surface area contributed by atoms with Gasteiger partial charge in [-0.15, -0.1) is 5.10 Å². The van der Waals surface area contributed by atoms with Gasteiger partial charge in [0, 0.05) is 12.5 Å². The molecule has 102 valence electrons. The Kier molecular flexibility index (Phi) is 3.11. The summed E-state index contributed by atoms with van der Waals surface area (Å²) >= 11 is 1.08. The number of H-pyrrole nitrogens is 1. The minimum absolute atomic E-state index is 0.0755. The molecule has 9 heteroatoms. The van der Waals surface area contributed by atoms with Crippen LogP contribution in [0.5, 0.6) is 0 Å². The van der Waals surface area contributed by atoms with E-state index in [2.05, 4.69) is 20.2 Å². The highest BCUT2D eigenvalue weighted by molar-refractivity contribution is 7.99. The lowest BCUT2D eigenvalue weighted by molar-refractivity contribution is -0.393. The number of rotatable bonds is 4. The SMILES string of the molecule is CCc1nc(Sc2nc3ccccn3c2[N+](=O)[O-])n[nH]1. The molecule has 0 aliphatic rings. The second-order valence-electron chi connectivity index (χ2n) is 3.95. The van der Waals surface area contributed by atoms with Gasteiger partial charge in [0.1, 0.15) is 5.82 Å². The van der Waals surface area contributed by atoms with Crippen LogP contribution < -0.4 is 0 Å². The monoisotopic (exact) mass is 290 g/mol. The third-order valence-electron chi connectivity index (χ3n) is 2.68. The molecule has 20 heavy (non-hydrogen) atoms. The van der Waals surface area contributed by atoms with Crippen molar-refractivity contribution < 1.29 is 4.92 Å². The van der Waals surface area contributed by atoms with Gasteiger partial charge in [-0.25, -0.2) is 4.98 Å². The van der Waals surface area contributed by atoms with E-state index in [0.29, 0.717) is 10.8 Å². The van der Waals surface area contributed by atoms with E-state index in [-0.39, 0.29) is 10.8 Å². The Morgan fingerprint density at radius 1 is 1.45 bits per heavy atom. The Morgan fingerprint density at radius 2 is 2.30 bits per heavy atom. The Bertz CT molecular complexity index is 780. The zero-order valence-electron chi connectivity index (χ0n) is 10.5. The fraction of sp³-hybridized carbons (Fsp3) is 0.182. The number of aromatic amines is 1. The smallest absolute Gasteiger partial charge is 0.358 e. The molecule has 0 amide bonds. The number of hydrogen-bond donors (Lipinski definition) is 1. The van der Waals surface area contributed by atoms with Crippen LogP contribution in [0.4, 0.5) is 5.82 Å². The van der Waals surface area contributed by atoms with Crippen LogP contribution >= 0.6 is 11.8 Å². The van der Waals surface area contributed by atoms with Crippen LogP contribution in [0.25, 0.3) is 5.65 Å². The van der Waals surface area contributed by atoms with Crippen molar-refractivity contribution in [2.24, 2.45) is 0 Å². The number of nitrogens with one attached hydrogen (secondary N) is 1. The van der Waals surface area contributed by atoms with Gasteiger partial charge in [-0.2, -0.15) is 9.38 Å². The lowest BCUT2D eigenvalue weighted by Gasteiger charge is -1.95. The molecular weight excluding hydrogens is 280 g/mol. The van der Waals surface area contributed by atoms with Crippen molar-refractivity contribution in [3.05, 3.63) is 40.3 Å². The molecule has 3 rings (SSSR count). The van der Waals surface area contributed by atoms with Crippen LogP contribution in [-0.4, -0.2) is 29.5 Å². The van der Waals surface area contributed by atoms with Gasteiger partial charge in [0.25, 0.3) is 0 Å².